The van der Waals surface area contributed by atoms with Gasteiger partial charge in [0.05, 0.1) is 0 Å². The maximum Gasteiger partial charge on any atom is 0.227 e. The lowest BCUT2D eigenvalue weighted by atomic mass is 10.1. The van der Waals surface area contributed by atoms with Gasteiger partial charge in [-0.1, -0.05) is 0 Å². The highest BCUT2D eigenvalue weighted by Crippen LogP contribution is 2.25. The van der Waals surface area contributed by atoms with Gasteiger partial charge in [-0.25, -0.2) is 0 Å². The van der Waals surface area contributed by atoms with Gasteiger partial charge in [-0.3, -0.25) is 9.59 Å². The van der Waals surface area contributed by atoms with Gasteiger partial charge in [-0.2, -0.15) is 0 Å². The Kier molecular flexibility index (Phi) is 2.54. The van der Waals surface area contributed by atoms with Crippen LogP contribution < -0.4 is 4.90 Å². The molecule has 1 amide bonds. The minimum absolute atomic E-state index is 0.178. The molecule has 0 aromatic heterocycles. The third kappa shape index (κ3) is 1.77. The zero-order valence-electron chi connectivity index (χ0n) is 8.69. The normalized spacial score (nSPS) is 15.8. The van der Waals surface area contributed by atoms with Crippen molar-refractivity contribution < 1.29 is 9.59 Å². The Balaban J connectivity index is 2.36. The quantitative estimate of drug-likeness (QED) is 0.689. The molecule has 0 unspecified atom stereocenters. The van der Waals surface area contributed by atoms with Gasteiger partial charge in [0.25, 0.3) is 0 Å². The van der Waals surface area contributed by atoms with Crippen LogP contribution in [0.15, 0.2) is 18.2 Å². The van der Waals surface area contributed by atoms with Crippen molar-refractivity contribution >= 4 is 17.9 Å². The van der Waals surface area contributed by atoms with E-state index in [1.807, 2.05) is 19.1 Å². The summed E-state index contributed by atoms with van der Waals surface area (Å²) in [5.41, 5.74) is 2.57. The number of nitrogens with zero attached hydrogens (tertiary/aromatic N) is 1. The Hall–Kier alpha value is -1.64. The van der Waals surface area contributed by atoms with E-state index in [0.29, 0.717) is 12.0 Å². The van der Waals surface area contributed by atoms with Crippen molar-refractivity contribution in [2.24, 2.45) is 0 Å². The summed E-state index contributed by atoms with van der Waals surface area (Å²) in [4.78, 5) is 23.9. The molecule has 3 heteroatoms. The molecule has 1 aliphatic rings. The lowest BCUT2D eigenvalue weighted by Gasteiger charge is -2.18. The van der Waals surface area contributed by atoms with Crippen molar-refractivity contribution in [3.63, 3.8) is 0 Å². The van der Waals surface area contributed by atoms with E-state index in [2.05, 4.69) is 0 Å². The average molecular weight is 203 g/mol. The number of aldehydes is 1. The Morgan fingerprint density at radius 3 is 2.73 bits per heavy atom. The monoisotopic (exact) mass is 203 g/mol. The Morgan fingerprint density at radius 1 is 1.40 bits per heavy atom. The summed E-state index contributed by atoms with van der Waals surface area (Å²) in [5, 5.41) is 0. The topological polar surface area (TPSA) is 37.4 Å². The second-order valence-corrected chi connectivity index (χ2v) is 3.81. The summed E-state index contributed by atoms with van der Waals surface area (Å²) in [6, 6.07) is 5.41. The SMILES string of the molecule is Cc1cc(C=O)ccc1N1CCCC1=O. The highest BCUT2D eigenvalue weighted by Gasteiger charge is 2.22. The van der Waals surface area contributed by atoms with Crippen LogP contribution in [-0.2, 0) is 4.79 Å². The number of aryl methyl sites for hydroxylation is 1. The number of carbonyl (C=O) groups excluding carboxylic acids is 2. The first-order chi connectivity index (χ1) is 7.22. The van der Waals surface area contributed by atoms with Crippen molar-refractivity contribution in [1.82, 2.24) is 0 Å². The van der Waals surface area contributed by atoms with Crippen LogP contribution in [0.5, 0.6) is 0 Å². The molecule has 15 heavy (non-hydrogen) atoms. The van der Waals surface area contributed by atoms with Gasteiger partial charge < -0.3 is 4.90 Å². The van der Waals surface area contributed by atoms with E-state index < -0.39 is 0 Å². The maximum absolute atomic E-state index is 11.5. The predicted molar refractivity (Wildman–Crippen MR) is 58.2 cm³/mol. The number of benzene rings is 1. The van der Waals surface area contributed by atoms with Crippen LogP contribution in [0.4, 0.5) is 5.69 Å². The van der Waals surface area contributed by atoms with Crippen LogP contribution in [0.1, 0.15) is 28.8 Å². The number of carbonyl (C=O) groups is 2. The molecule has 0 saturated carbocycles. The molecule has 0 spiro atoms. The number of hydrogen-bond acceptors (Lipinski definition) is 2. The third-order valence-electron chi connectivity index (χ3n) is 2.72. The van der Waals surface area contributed by atoms with Gasteiger partial charge in [0.2, 0.25) is 5.91 Å². The van der Waals surface area contributed by atoms with Gasteiger partial charge in [0.1, 0.15) is 6.29 Å². The van der Waals surface area contributed by atoms with Gasteiger partial charge in [-0.15, -0.1) is 0 Å². The number of rotatable bonds is 2. The lowest BCUT2D eigenvalue weighted by Crippen LogP contribution is -2.24. The molecule has 1 aromatic rings. The fourth-order valence-electron chi connectivity index (χ4n) is 1.96. The molecule has 0 atom stereocenters. The molecular formula is C12H13NO2. The molecule has 2 rings (SSSR count). The highest BCUT2D eigenvalue weighted by atomic mass is 16.2. The minimum atomic E-state index is 0.178. The summed E-state index contributed by atoms with van der Waals surface area (Å²) in [6.45, 7) is 2.72. The second kappa shape index (κ2) is 3.85. The maximum atomic E-state index is 11.5. The molecule has 1 fully saturated rings. The van der Waals surface area contributed by atoms with Crippen LogP contribution >= 0.6 is 0 Å². The molecule has 78 valence electrons. The first-order valence-electron chi connectivity index (χ1n) is 5.08. The lowest BCUT2D eigenvalue weighted by molar-refractivity contribution is -0.117. The first kappa shape index (κ1) is 9.90. The molecule has 1 heterocycles. The standard InChI is InChI=1S/C12H13NO2/c1-9-7-10(8-14)4-5-11(9)13-6-2-3-12(13)15/h4-5,7-8H,2-3,6H2,1H3. The molecule has 1 saturated heterocycles. The van der Waals surface area contributed by atoms with Gasteiger partial charge >= 0.3 is 0 Å². The zero-order chi connectivity index (χ0) is 10.8. The van der Waals surface area contributed by atoms with E-state index in [1.54, 1.807) is 11.0 Å². The number of hydrogen-bond donors (Lipinski definition) is 0. The molecule has 0 aliphatic carbocycles. The van der Waals surface area contributed by atoms with E-state index in [-0.39, 0.29) is 5.91 Å². The summed E-state index contributed by atoms with van der Waals surface area (Å²) >= 11 is 0. The first-order valence-corrected chi connectivity index (χ1v) is 5.08. The molecule has 0 bridgehead atoms. The number of anilines is 1. The Labute approximate surface area is 88.7 Å². The second-order valence-electron chi connectivity index (χ2n) is 3.81. The summed E-state index contributed by atoms with van der Waals surface area (Å²) in [5.74, 6) is 0.178. The van der Waals surface area contributed by atoms with Crippen LogP contribution in [0.3, 0.4) is 0 Å². The van der Waals surface area contributed by atoms with Crippen molar-refractivity contribution in [3.05, 3.63) is 29.3 Å². The highest BCUT2D eigenvalue weighted by molar-refractivity contribution is 5.96. The molecule has 1 aliphatic heterocycles. The minimum Gasteiger partial charge on any atom is -0.312 e. The van der Waals surface area contributed by atoms with E-state index in [9.17, 15) is 9.59 Å². The molecule has 3 nitrogen and oxygen atoms in total. The van der Waals surface area contributed by atoms with E-state index in [4.69, 9.17) is 0 Å². The largest absolute Gasteiger partial charge is 0.312 e. The predicted octanol–water partition coefficient (Wildman–Crippen LogP) is 1.93. The fourth-order valence-corrected chi connectivity index (χ4v) is 1.96. The molecule has 0 N–H and O–H groups in total. The summed E-state index contributed by atoms with van der Waals surface area (Å²) in [6.07, 6.45) is 2.38. The zero-order valence-corrected chi connectivity index (χ0v) is 8.69. The van der Waals surface area contributed by atoms with Gasteiger partial charge in [0, 0.05) is 24.2 Å². The Bertz CT molecular complexity index is 412. The molecule has 0 radical (unpaired) electrons. The molecular weight excluding hydrogens is 190 g/mol. The molecule has 1 aromatic carbocycles. The summed E-state index contributed by atoms with van der Waals surface area (Å²) in [7, 11) is 0. The van der Waals surface area contributed by atoms with Crippen molar-refractivity contribution in [1.29, 1.82) is 0 Å². The number of amides is 1. The fraction of sp³-hybridized carbons (Fsp3) is 0.333. The van der Waals surface area contributed by atoms with Crippen LogP contribution in [0, 0.1) is 6.92 Å². The van der Waals surface area contributed by atoms with Crippen LogP contribution in [-0.4, -0.2) is 18.7 Å². The van der Waals surface area contributed by atoms with Gasteiger partial charge in [-0.05, 0) is 37.1 Å². The average Bonchev–Trinajstić information content (AvgIpc) is 2.64. The summed E-state index contributed by atoms with van der Waals surface area (Å²) < 4.78 is 0. The van der Waals surface area contributed by atoms with Crippen LogP contribution in [0.25, 0.3) is 0 Å². The smallest absolute Gasteiger partial charge is 0.227 e. The van der Waals surface area contributed by atoms with E-state index in [0.717, 1.165) is 30.5 Å². The van der Waals surface area contributed by atoms with E-state index >= 15 is 0 Å². The third-order valence-corrected chi connectivity index (χ3v) is 2.72. The van der Waals surface area contributed by atoms with Crippen LogP contribution in [0.2, 0.25) is 0 Å². The van der Waals surface area contributed by atoms with Gasteiger partial charge in [0.15, 0.2) is 0 Å². The Morgan fingerprint density at radius 2 is 2.20 bits per heavy atom. The van der Waals surface area contributed by atoms with Crippen molar-refractivity contribution in [2.75, 3.05) is 11.4 Å². The van der Waals surface area contributed by atoms with E-state index in [1.165, 1.54) is 0 Å². The van der Waals surface area contributed by atoms with Crippen molar-refractivity contribution in [2.45, 2.75) is 19.8 Å². The van der Waals surface area contributed by atoms with Crippen molar-refractivity contribution in [3.8, 4) is 0 Å².